The molecular formula is C21H27N3O4. The quantitative estimate of drug-likeness (QED) is 0.741. The van der Waals surface area contributed by atoms with Crippen LogP contribution in [0.25, 0.3) is 0 Å². The second kappa shape index (κ2) is 9.50. The Labute approximate surface area is 165 Å². The Morgan fingerprint density at radius 1 is 1.29 bits per heavy atom. The molecule has 1 aliphatic heterocycles. The summed E-state index contributed by atoms with van der Waals surface area (Å²) in [5, 5.41) is 2.94. The van der Waals surface area contributed by atoms with Gasteiger partial charge in [-0.2, -0.15) is 0 Å². The normalized spacial score (nSPS) is 14.9. The summed E-state index contributed by atoms with van der Waals surface area (Å²) in [4.78, 5) is 31.6. The second-order valence-electron chi connectivity index (χ2n) is 7.03. The number of amides is 2. The molecule has 3 heterocycles. The number of nitrogens with zero attached hydrogens (tertiary/aromatic N) is 2. The van der Waals surface area contributed by atoms with E-state index < -0.39 is 0 Å². The first-order valence-electron chi connectivity index (χ1n) is 9.67. The van der Waals surface area contributed by atoms with Crippen LogP contribution in [-0.2, 0) is 4.74 Å². The zero-order valence-electron chi connectivity index (χ0n) is 16.4. The van der Waals surface area contributed by atoms with Gasteiger partial charge in [0.05, 0.1) is 17.5 Å². The molecule has 0 bridgehead atoms. The molecule has 7 nitrogen and oxygen atoms in total. The molecule has 28 heavy (non-hydrogen) atoms. The van der Waals surface area contributed by atoms with Crippen LogP contribution in [0.5, 0.6) is 0 Å². The highest BCUT2D eigenvalue weighted by Crippen LogP contribution is 2.30. The third-order valence-electron chi connectivity index (χ3n) is 5.02. The summed E-state index contributed by atoms with van der Waals surface area (Å²) in [6.07, 6.45) is 3.82. The fourth-order valence-electron chi connectivity index (χ4n) is 3.51. The molecule has 2 aromatic heterocycles. The molecule has 0 unspecified atom stereocenters. The highest BCUT2D eigenvalue weighted by Gasteiger charge is 2.29. The van der Waals surface area contributed by atoms with Gasteiger partial charge in [-0.3, -0.25) is 14.6 Å². The van der Waals surface area contributed by atoms with Gasteiger partial charge < -0.3 is 19.4 Å². The maximum Gasteiger partial charge on any atom is 0.289 e. The largest absolute Gasteiger partial charge is 0.459 e. The van der Waals surface area contributed by atoms with Crippen molar-refractivity contribution in [2.24, 2.45) is 0 Å². The number of carbonyl (C=O) groups excluding carboxylic acids is 2. The third-order valence-corrected chi connectivity index (χ3v) is 5.02. The number of methoxy groups -OCH3 is 1. The molecule has 150 valence electrons. The van der Waals surface area contributed by atoms with Crippen LogP contribution in [-0.4, -0.2) is 55.0 Å². The van der Waals surface area contributed by atoms with Crippen molar-refractivity contribution in [3.05, 3.63) is 53.2 Å². The molecule has 1 fully saturated rings. The van der Waals surface area contributed by atoms with Crippen molar-refractivity contribution in [3.63, 3.8) is 0 Å². The number of piperidine rings is 1. The molecule has 0 radical (unpaired) electrons. The summed E-state index contributed by atoms with van der Waals surface area (Å²) >= 11 is 0. The van der Waals surface area contributed by atoms with Crippen LogP contribution < -0.4 is 5.32 Å². The molecule has 1 N–H and O–H groups in total. The number of carbonyl (C=O) groups is 2. The molecule has 0 saturated carbocycles. The average Bonchev–Trinajstić information content (AvgIpc) is 3.25. The highest BCUT2D eigenvalue weighted by atomic mass is 16.5. The molecule has 0 spiro atoms. The Hall–Kier alpha value is -2.67. The molecule has 2 aromatic rings. The number of furan rings is 1. The summed E-state index contributed by atoms with van der Waals surface area (Å²) in [6, 6.07) is 7.11. The summed E-state index contributed by atoms with van der Waals surface area (Å²) in [6.45, 7) is 4.35. The number of ether oxygens (including phenoxy) is 1. The lowest BCUT2D eigenvalue weighted by Crippen LogP contribution is -2.38. The minimum absolute atomic E-state index is 0.0863. The number of aryl methyl sites for hydroxylation is 1. The molecule has 7 heteroatoms. The number of likely N-dealkylation sites (tertiary alicyclic amines) is 1. The standard InChI is InChI=1S/C21H27N3O4/c1-15-6-7-17(20(25)22-10-4-13-27-2)19(23-15)16-8-11-24(12-9-16)21(26)18-5-3-14-28-18/h3,5-7,14,16H,4,8-13H2,1-2H3,(H,22,25). The van der Waals surface area contributed by atoms with E-state index in [1.54, 1.807) is 24.1 Å². The highest BCUT2D eigenvalue weighted by molar-refractivity contribution is 5.95. The first-order valence-corrected chi connectivity index (χ1v) is 9.67. The van der Waals surface area contributed by atoms with E-state index in [0.717, 1.165) is 30.7 Å². The lowest BCUT2D eigenvalue weighted by molar-refractivity contribution is 0.0678. The van der Waals surface area contributed by atoms with Crippen molar-refractivity contribution in [2.45, 2.75) is 32.1 Å². The zero-order valence-corrected chi connectivity index (χ0v) is 16.4. The average molecular weight is 385 g/mol. The Kier molecular flexibility index (Phi) is 6.81. The van der Waals surface area contributed by atoms with Gasteiger partial charge in [0.1, 0.15) is 0 Å². The lowest BCUT2D eigenvalue weighted by Gasteiger charge is -2.32. The van der Waals surface area contributed by atoms with Crippen LogP contribution in [0.1, 0.15) is 57.5 Å². The van der Waals surface area contributed by atoms with Crippen molar-refractivity contribution < 1.29 is 18.7 Å². The maximum absolute atomic E-state index is 12.6. The summed E-state index contributed by atoms with van der Waals surface area (Å²) in [5.41, 5.74) is 2.34. The molecule has 1 saturated heterocycles. The van der Waals surface area contributed by atoms with E-state index in [-0.39, 0.29) is 17.7 Å². The SMILES string of the molecule is COCCCNC(=O)c1ccc(C)nc1C1CCN(C(=O)c2ccco2)CC1. The van der Waals surface area contributed by atoms with Crippen LogP contribution in [0, 0.1) is 6.92 Å². The van der Waals surface area contributed by atoms with E-state index in [1.165, 1.54) is 6.26 Å². The monoisotopic (exact) mass is 385 g/mol. The van der Waals surface area contributed by atoms with Crippen molar-refractivity contribution in [2.75, 3.05) is 33.4 Å². The maximum atomic E-state index is 12.6. The van der Waals surface area contributed by atoms with Crippen LogP contribution in [0.15, 0.2) is 34.9 Å². The van der Waals surface area contributed by atoms with Gasteiger partial charge in [0.25, 0.3) is 11.8 Å². The van der Waals surface area contributed by atoms with Gasteiger partial charge in [0, 0.05) is 45.0 Å². The fraction of sp³-hybridized carbons (Fsp3) is 0.476. The third kappa shape index (κ3) is 4.78. The lowest BCUT2D eigenvalue weighted by atomic mass is 9.89. The van der Waals surface area contributed by atoms with Crippen molar-refractivity contribution in [1.82, 2.24) is 15.2 Å². The topological polar surface area (TPSA) is 84.7 Å². The minimum atomic E-state index is -0.104. The molecule has 3 rings (SSSR count). The Bertz CT molecular complexity index is 796. The Balaban J connectivity index is 1.66. The molecule has 0 atom stereocenters. The molecule has 2 amide bonds. The number of nitrogens with one attached hydrogen (secondary N) is 1. The van der Waals surface area contributed by atoms with Crippen molar-refractivity contribution in [1.29, 1.82) is 0 Å². The first-order chi connectivity index (χ1) is 13.6. The summed E-state index contributed by atoms with van der Waals surface area (Å²) < 4.78 is 10.2. The van der Waals surface area contributed by atoms with Gasteiger partial charge in [0.15, 0.2) is 5.76 Å². The number of aromatic nitrogens is 1. The van der Waals surface area contributed by atoms with Crippen molar-refractivity contribution >= 4 is 11.8 Å². The predicted molar refractivity (Wildman–Crippen MR) is 104 cm³/mol. The van der Waals surface area contributed by atoms with Gasteiger partial charge in [0.2, 0.25) is 0 Å². The molecule has 0 aliphatic carbocycles. The van der Waals surface area contributed by atoms with Gasteiger partial charge in [-0.15, -0.1) is 0 Å². The fourth-order valence-corrected chi connectivity index (χ4v) is 3.51. The number of hydrogen-bond donors (Lipinski definition) is 1. The van der Waals surface area contributed by atoms with E-state index in [2.05, 4.69) is 10.3 Å². The molecule has 0 aromatic carbocycles. The minimum Gasteiger partial charge on any atom is -0.459 e. The first kappa shape index (κ1) is 20.1. The summed E-state index contributed by atoms with van der Waals surface area (Å²) in [5.74, 6) is 0.327. The van der Waals surface area contributed by atoms with Crippen LogP contribution in [0.4, 0.5) is 0 Å². The van der Waals surface area contributed by atoms with E-state index in [4.69, 9.17) is 9.15 Å². The van der Waals surface area contributed by atoms with Crippen LogP contribution in [0.2, 0.25) is 0 Å². The Morgan fingerprint density at radius 3 is 2.75 bits per heavy atom. The van der Waals surface area contributed by atoms with E-state index >= 15 is 0 Å². The van der Waals surface area contributed by atoms with Gasteiger partial charge >= 0.3 is 0 Å². The van der Waals surface area contributed by atoms with Crippen molar-refractivity contribution in [3.8, 4) is 0 Å². The molecule has 1 aliphatic rings. The zero-order chi connectivity index (χ0) is 19.9. The van der Waals surface area contributed by atoms with E-state index in [9.17, 15) is 9.59 Å². The molecular weight excluding hydrogens is 358 g/mol. The summed E-state index contributed by atoms with van der Waals surface area (Å²) in [7, 11) is 1.65. The van der Waals surface area contributed by atoms with E-state index in [1.807, 2.05) is 19.1 Å². The van der Waals surface area contributed by atoms with Gasteiger partial charge in [-0.25, -0.2) is 0 Å². The Morgan fingerprint density at radius 2 is 2.07 bits per heavy atom. The second-order valence-corrected chi connectivity index (χ2v) is 7.03. The van der Waals surface area contributed by atoms with Gasteiger partial charge in [-0.05, 0) is 50.5 Å². The number of rotatable bonds is 7. The van der Waals surface area contributed by atoms with Crippen LogP contribution in [0.3, 0.4) is 0 Å². The van der Waals surface area contributed by atoms with Gasteiger partial charge in [-0.1, -0.05) is 0 Å². The van der Waals surface area contributed by atoms with E-state index in [0.29, 0.717) is 37.6 Å². The number of pyridine rings is 1. The smallest absolute Gasteiger partial charge is 0.289 e. The van der Waals surface area contributed by atoms with Crippen LogP contribution >= 0.6 is 0 Å². The predicted octanol–water partition coefficient (Wildman–Crippen LogP) is 2.77. The number of hydrogen-bond acceptors (Lipinski definition) is 5.